The van der Waals surface area contributed by atoms with Crippen molar-refractivity contribution in [2.45, 2.75) is 32.4 Å². The number of pyridine rings is 1. The summed E-state index contributed by atoms with van der Waals surface area (Å²) in [5.41, 5.74) is 3.62. The number of anilines is 3. The Morgan fingerprint density at radius 1 is 1.07 bits per heavy atom. The summed E-state index contributed by atoms with van der Waals surface area (Å²) < 4.78 is 29.7. The molecule has 1 fully saturated rings. The van der Waals surface area contributed by atoms with Gasteiger partial charge < -0.3 is 16.0 Å². The average Bonchev–Trinajstić information content (AvgIpc) is 3.48. The zero-order valence-corrected chi connectivity index (χ0v) is 25.4. The van der Waals surface area contributed by atoms with E-state index < -0.39 is 11.9 Å². The molecule has 0 amide bonds. The number of hydrogen-bond donors (Lipinski definition) is 3. The first-order chi connectivity index (χ1) is 21.1. The second-order valence-corrected chi connectivity index (χ2v) is 12.3. The monoisotopic (exact) mass is 632 g/mol. The minimum Gasteiger partial charge on any atom is -0.373 e. The molecule has 0 radical (unpaired) electrons. The normalized spacial score (nSPS) is 16.8. The van der Waals surface area contributed by atoms with Crippen LogP contribution in [0.25, 0.3) is 10.9 Å². The number of nitriles is 1. The Bertz CT molecular complexity index is 1880. The molecule has 0 saturated carbocycles. The quantitative estimate of drug-likeness (QED) is 0.168. The molecular formula is C32H28Cl2F2N8. The fraction of sp³-hybridized carbons (Fsp3) is 0.250. The summed E-state index contributed by atoms with van der Waals surface area (Å²) in [5.74, 6) is -0.910. The van der Waals surface area contributed by atoms with Crippen molar-refractivity contribution < 1.29 is 8.78 Å². The Morgan fingerprint density at radius 3 is 2.57 bits per heavy atom. The maximum Gasteiger partial charge on any atom is 0.141 e. The first-order valence-corrected chi connectivity index (χ1v) is 14.8. The fourth-order valence-electron chi connectivity index (χ4n) is 5.65. The molecule has 44 heavy (non-hydrogen) atoms. The third kappa shape index (κ3) is 5.91. The Labute approximate surface area is 263 Å². The maximum absolute atomic E-state index is 13.9. The summed E-state index contributed by atoms with van der Waals surface area (Å²) in [4.78, 5) is 4.42. The summed E-state index contributed by atoms with van der Waals surface area (Å²) in [6.07, 6.45) is 4.27. The largest absolute Gasteiger partial charge is 0.373 e. The van der Waals surface area contributed by atoms with Gasteiger partial charge in [-0.2, -0.15) is 5.26 Å². The fourth-order valence-corrected chi connectivity index (χ4v) is 6.10. The van der Waals surface area contributed by atoms with Crippen molar-refractivity contribution in [2.24, 2.45) is 5.41 Å². The van der Waals surface area contributed by atoms with Gasteiger partial charge in [0.1, 0.15) is 23.4 Å². The summed E-state index contributed by atoms with van der Waals surface area (Å²) in [6.45, 7) is 6.15. The number of aromatic nitrogens is 4. The van der Waals surface area contributed by atoms with Crippen molar-refractivity contribution in [1.29, 1.82) is 5.26 Å². The molecule has 2 unspecified atom stereocenters. The highest BCUT2D eigenvalue weighted by Crippen LogP contribution is 2.38. The highest BCUT2D eigenvalue weighted by atomic mass is 35.5. The van der Waals surface area contributed by atoms with E-state index in [1.165, 1.54) is 36.5 Å². The van der Waals surface area contributed by atoms with Crippen LogP contribution in [0.15, 0.2) is 67.0 Å². The van der Waals surface area contributed by atoms with Gasteiger partial charge in [-0.15, -0.1) is 5.10 Å². The van der Waals surface area contributed by atoms with E-state index >= 15 is 0 Å². The highest BCUT2D eigenvalue weighted by molar-refractivity contribution is 6.36. The van der Waals surface area contributed by atoms with Gasteiger partial charge in [0, 0.05) is 29.5 Å². The van der Waals surface area contributed by atoms with Gasteiger partial charge in [-0.25, -0.2) is 13.5 Å². The number of halogens is 4. The number of nitrogens with zero attached hydrogens (tertiary/aromatic N) is 5. The molecule has 3 aromatic carbocycles. The van der Waals surface area contributed by atoms with Crippen molar-refractivity contribution >= 4 is 51.2 Å². The lowest BCUT2D eigenvalue weighted by molar-refractivity contribution is 0.147. The van der Waals surface area contributed by atoms with E-state index in [9.17, 15) is 14.0 Å². The third-order valence-electron chi connectivity index (χ3n) is 7.97. The van der Waals surface area contributed by atoms with Gasteiger partial charge in [0.15, 0.2) is 0 Å². The zero-order chi connectivity index (χ0) is 31.0. The predicted molar refractivity (Wildman–Crippen MR) is 168 cm³/mol. The summed E-state index contributed by atoms with van der Waals surface area (Å²) in [5, 5.41) is 29.9. The van der Waals surface area contributed by atoms with Crippen molar-refractivity contribution in [2.75, 3.05) is 23.7 Å². The lowest BCUT2D eigenvalue weighted by atomic mass is 9.80. The molecule has 224 valence electrons. The molecule has 1 aliphatic heterocycles. The topological polar surface area (TPSA) is 103 Å². The molecule has 6 rings (SSSR count). The Balaban J connectivity index is 1.42. The molecule has 12 heteroatoms. The first kappa shape index (κ1) is 29.8. The van der Waals surface area contributed by atoms with Gasteiger partial charge in [-0.1, -0.05) is 54.4 Å². The summed E-state index contributed by atoms with van der Waals surface area (Å²) >= 11 is 12.8. The van der Waals surface area contributed by atoms with E-state index in [4.69, 9.17) is 23.2 Å². The van der Waals surface area contributed by atoms with E-state index in [0.29, 0.717) is 38.7 Å². The van der Waals surface area contributed by atoms with Gasteiger partial charge in [-0.05, 0) is 66.4 Å². The summed E-state index contributed by atoms with van der Waals surface area (Å²) in [6, 6.07) is 15.7. The van der Waals surface area contributed by atoms with Crippen LogP contribution < -0.4 is 16.0 Å². The molecule has 3 heterocycles. The number of fused-ring (bicyclic) bond motifs is 1. The molecule has 1 saturated heterocycles. The Kier molecular flexibility index (Phi) is 8.12. The molecule has 1 aliphatic rings. The van der Waals surface area contributed by atoms with Gasteiger partial charge >= 0.3 is 0 Å². The van der Waals surface area contributed by atoms with E-state index in [1.807, 2.05) is 16.9 Å². The Morgan fingerprint density at radius 2 is 1.84 bits per heavy atom. The second kappa shape index (κ2) is 12.0. The van der Waals surface area contributed by atoms with Crippen LogP contribution in [0.4, 0.5) is 25.8 Å². The molecule has 3 N–H and O–H groups in total. The SMILES string of the molecule is CC1(C)CNCCC1n1cc(C(Nc2cc(Cl)c3ncc(C#N)c(Nc4ccc(F)c(Cl)c4)c3c2)c2ccc(F)cc2)nn1. The molecule has 5 aromatic rings. The van der Waals surface area contributed by atoms with Crippen LogP contribution >= 0.6 is 23.2 Å². The van der Waals surface area contributed by atoms with Crippen LogP contribution in [0.3, 0.4) is 0 Å². The number of rotatable bonds is 7. The molecule has 2 aromatic heterocycles. The van der Waals surface area contributed by atoms with Crippen LogP contribution in [-0.2, 0) is 0 Å². The van der Waals surface area contributed by atoms with Crippen LogP contribution in [0.2, 0.25) is 10.0 Å². The van der Waals surface area contributed by atoms with Crippen LogP contribution in [0.1, 0.15) is 49.2 Å². The van der Waals surface area contributed by atoms with Crippen molar-refractivity contribution in [3.8, 4) is 6.07 Å². The van der Waals surface area contributed by atoms with Crippen LogP contribution in [0, 0.1) is 28.4 Å². The highest BCUT2D eigenvalue weighted by Gasteiger charge is 2.35. The first-order valence-electron chi connectivity index (χ1n) is 14.0. The standard InChI is InChI=1S/C32H28Cl2F2N8/c1-32(2)17-38-10-9-28(32)44-16-27(42-43-44)30(18-3-5-20(35)6-4-18)41-22-11-23-29(40-21-7-8-26(36)24(33)12-21)19(14-37)15-39-31(23)25(34)13-22/h3-8,11-13,15-16,28,30,38,41H,9-10,17H2,1-2H3,(H,39,40). The number of nitrogens with one attached hydrogen (secondary N) is 3. The minimum atomic E-state index is -0.556. The predicted octanol–water partition coefficient (Wildman–Crippen LogP) is 7.79. The van der Waals surface area contributed by atoms with E-state index in [0.717, 1.165) is 25.1 Å². The van der Waals surface area contributed by atoms with E-state index in [1.54, 1.807) is 18.2 Å². The molecule has 2 atom stereocenters. The van der Waals surface area contributed by atoms with Crippen LogP contribution in [-0.4, -0.2) is 33.1 Å². The minimum absolute atomic E-state index is 0.0303. The zero-order valence-electron chi connectivity index (χ0n) is 23.9. The van der Waals surface area contributed by atoms with Crippen molar-refractivity contribution in [3.05, 3.63) is 105 Å². The third-order valence-corrected chi connectivity index (χ3v) is 8.55. The van der Waals surface area contributed by atoms with E-state index in [2.05, 4.69) is 51.2 Å². The lowest BCUT2D eigenvalue weighted by Crippen LogP contribution is -2.44. The maximum atomic E-state index is 13.9. The average molecular weight is 634 g/mol. The number of piperidine rings is 1. The molecular weight excluding hydrogens is 605 g/mol. The summed E-state index contributed by atoms with van der Waals surface area (Å²) in [7, 11) is 0. The van der Waals surface area contributed by atoms with Crippen molar-refractivity contribution in [1.82, 2.24) is 25.3 Å². The van der Waals surface area contributed by atoms with Crippen LogP contribution in [0.5, 0.6) is 0 Å². The molecule has 0 spiro atoms. The van der Waals surface area contributed by atoms with Gasteiger partial charge in [0.05, 0.1) is 45.1 Å². The van der Waals surface area contributed by atoms with Crippen molar-refractivity contribution in [3.63, 3.8) is 0 Å². The second-order valence-electron chi connectivity index (χ2n) is 11.5. The number of benzene rings is 3. The Hall–Kier alpha value is -4.30. The smallest absolute Gasteiger partial charge is 0.141 e. The molecule has 0 bridgehead atoms. The lowest BCUT2D eigenvalue weighted by Gasteiger charge is -2.38. The van der Waals surface area contributed by atoms with Gasteiger partial charge in [-0.3, -0.25) is 4.98 Å². The molecule has 0 aliphatic carbocycles. The number of hydrogen-bond acceptors (Lipinski definition) is 7. The van der Waals surface area contributed by atoms with E-state index in [-0.39, 0.29) is 27.9 Å². The van der Waals surface area contributed by atoms with Gasteiger partial charge in [0.25, 0.3) is 0 Å². The van der Waals surface area contributed by atoms with Gasteiger partial charge in [0.2, 0.25) is 0 Å². The molecule has 8 nitrogen and oxygen atoms in total.